The SMILES string of the molecule is CCC1CCN(C(=O)c2cccn2C)C(CN)C1. The second-order valence-electron chi connectivity index (χ2n) is 5.19. The Labute approximate surface area is 109 Å². The lowest BCUT2D eigenvalue weighted by Crippen LogP contribution is -2.49. The zero-order valence-electron chi connectivity index (χ0n) is 11.3. The van der Waals surface area contributed by atoms with Crippen molar-refractivity contribution in [2.45, 2.75) is 32.2 Å². The van der Waals surface area contributed by atoms with Crippen molar-refractivity contribution in [1.82, 2.24) is 9.47 Å². The predicted molar refractivity (Wildman–Crippen MR) is 72.3 cm³/mol. The number of amides is 1. The number of nitrogens with zero attached hydrogens (tertiary/aromatic N) is 2. The summed E-state index contributed by atoms with van der Waals surface area (Å²) in [6.07, 6.45) is 5.23. The van der Waals surface area contributed by atoms with Gasteiger partial charge in [-0.05, 0) is 30.9 Å². The third-order valence-corrected chi connectivity index (χ3v) is 4.10. The van der Waals surface area contributed by atoms with E-state index < -0.39 is 0 Å². The molecule has 2 N–H and O–H groups in total. The number of aryl methyl sites for hydroxylation is 1. The molecule has 0 spiro atoms. The first-order chi connectivity index (χ1) is 8.67. The first-order valence-corrected chi connectivity index (χ1v) is 6.79. The fourth-order valence-corrected chi connectivity index (χ4v) is 2.83. The van der Waals surface area contributed by atoms with Crippen molar-refractivity contribution in [1.29, 1.82) is 0 Å². The van der Waals surface area contributed by atoms with Crippen LogP contribution in [0.1, 0.15) is 36.7 Å². The zero-order chi connectivity index (χ0) is 13.1. The van der Waals surface area contributed by atoms with Crippen molar-refractivity contribution in [2.24, 2.45) is 18.7 Å². The number of hydrogen-bond donors (Lipinski definition) is 1. The number of likely N-dealkylation sites (tertiary alicyclic amines) is 1. The summed E-state index contributed by atoms with van der Waals surface area (Å²) in [4.78, 5) is 14.5. The van der Waals surface area contributed by atoms with Crippen LogP contribution in [0.15, 0.2) is 18.3 Å². The molecule has 4 heteroatoms. The summed E-state index contributed by atoms with van der Waals surface area (Å²) in [6, 6.07) is 3.98. The highest BCUT2D eigenvalue weighted by molar-refractivity contribution is 5.93. The molecule has 18 heavy (non-hydrogen) atoms. The van der Waals surface area contributed by atoms with Gasteiger partial charge in [0.15, 0.2) is 0 Å². The van der Waals surface area contributed by atoms with E-state index in [-0.39, 0.29) is 11.9 Å². The summed E-state index contributed by atoms with van der Waals surface area (Å²) >= 11 is 0. The molecule has 0 aliphatic carbocycles. The molecule has 1 fully saturated rings. The highest BCUT2D eigenvalue weighted by atomic mass is 16.2. The molecule has 1 amide bonds. The number of piperidine rings is 1. The molecule has 1 saturated heterocycles. The van der Waals surface area contributed by atoms with Crippen molar-refractivity contribution < 1.29 is 4.79 Å². The van der Waals surface area contributed by atoms with Crippen LogP contribution in [0.3, 0.4) is 0 Å². The van der Waals surface area contributed by atoms with Crippen LogP contribution in [0, 0.1) is 5.92 Å². The summed E-state index contributed by atoms with van der Waals surface area (Å²) in [7, 11) is 1.91. The molecule has 4 nitrogen and oxygen atoms in total. The van der Waals surface area contributed by atoms with E-state index in [0.29, 0.717) is 6.54 Å². The molecule has 0 radical (unpaired) electrons. The molecular formula is C14H23N3O. The van der Waals surface area contributed by atoms with Gasteiger partial charge in [-0.1, -0.05) is 13.3 Å². The molecule has 0 aromatic carbocycles. The maximum atomic E-state index is 12.5. The first-order valence-electron chi connectivity index (χ1n) is 6.79. The van der Waals surface area contributed by atoms with Crippen LogP contribution in [0.5, 0.6) is 0 Å². The van der Waals surface area contributed by atoms with E-state index in [2.05, 4.69) is 6.92 Å². The first kappa shape index (κ1) is 13.1. The number of aromatic nitrogens is 1. The predicted octanol–water partition coefficient (Wildman–Crippen LogP) is 1.61. The van der Waals surface area contributed by atoms with E-state index in [9.17, 15) is 4.79 Å². The van der Waals surface area contributed by atoms with E-state index in [1.54, 1.807) is 0 Å². The summed E-state index contributed by atoms with van der Waals surface area (Å²) in [5.74, 6) is 0.837. The Morgan fingerprint density at radius 2 is 2.33 bits per heavy atom. The number of hydrogen-bond acceptors (Lipinski definition) is 2. The molecule has 1 aliphatic heterocycles. The average molecular weight is 249 g/mol. The smallest absolute Gasteiger partial charge is 0.270 e. The molecule has 1 aromatic rings. The van der Waals surface area contributed by atoms with Gasteiger partial charge >= 0.3 is 0 Å². The van der Waals surface area contributed by atoms with Crippen LogP contribution < -0.4 is 5.73 Å². The Kier molecular flexibility index (Phi) is 4.07. The molecule has 2 rings (SSSR count). The van der Waals surface area contributed by atoms with Gasteiger partial charge < -0.3 is 15.2 Å². The molecule has 100 valence electrons. The lowest BCUT2D eigenvalue weighted by molar-refractivity contribution is 0.0549. The van der Waals surface area contributed by atoms with E-state index in [0.717, 1.165) is 31.0 Å². The third-order valence-electron chi connectivity index (χ3n) is 4.10. The number of rotatable bonds is 3. The van der Waals surface area contributed by atoms with Gasteiger partial charge in [0.05, 0.1) is 0 Å². The van der Waals surface area contributed by atoms with E-state index >= 15 is 0 Å². The molecule has 1 aliphatic rings. The lowest BCUT2D eigenvalue weighted by Gasteiger charge is -2.38. The van der Waals surface area contributed by atoms with E-state index in [1.165, 1.54) is 6.42 Å². The maximum Gasteiger partial charge on any atom is 0.270 e. The van der Waals surface area contributed by atoms with E-state index in [1.807, 2.05) is 34.8 Å². The zero-order valence-corrected chi connectivity index (χ0v) is 11.3. The van der Waals surface area contributed by atoms with Gasteiger partial charge in [-0.2, -0.15) is 0 Å². The van der Waals surface area contributed by atoms with Crippen LogP contribution in [0.2, 0.25) is 0 Å². The average Bonchev–Trinajstić information content (AvgIpc) is 2.83. The van der Waals surface area contributed by atoms with E-state index in [4.69, 9.17) is 5.73 Å². The Hall–Kier alpha value is -1.29. The van der Waals surface area contributed by atoms with Crippen molar-refractivity contribution in [3.05, 3.63) is 24.0 Å². The number of carbonyl (C=O) groups excluding carboxylic acids is 1. The van der Waals surface area contributed by atoms with Gasteiger partial charge in [0.1, 0.15) is 5.69 Å². The van der Waals surface area contributed by atoms with Crippen molar-refractivity contribution in [3.8, 4) is 0 Å². The number of carbonyl (C=O) groups is 1. The monoisotopic (exact) mass is 249 g/mol. The minimum Gasteiger partial charge on any atom is -0.347 e. The largest absolute Gasteiger partial charge is 0.347 e. The quantitative estimate of drug-likeness (QED) is 0.885. The van der Waals surface area contributed by atoms with Gasteiger partial charge in [-0.15, -0.1) is 0 Å². The highest BCUT2D eigenvalue weighted by Crippen LogP contribution is 2.26. The molecule has 0 saturated carbocycles. The fraction of sp³-hybridized carbons (Fsp3) is 0.643. The molecule has 2 heterocycles. The van der Waals surface area contributed by atoms with Gasteiger partial charge in [-0.3, -0.25) is 4.79 Å². The molecule has 2 atom stereocenters. The Bertz CT molecular complexity index is 413. The number of nitrogens with two attached hydrogens (primary N) is 1. The summed E-state index contributed by atoms with van der Waals surface area (Å²) in [5, 5.41) is 0. The van der Waals surface area contributed by atoms with Crippen LogP contribution in [0.4, 0.5) is 0 Å². The third kappa shape index (κ3) is 2.43. The standard InChI is InChI=1S/C14H23N3O/c1-3-11-6-8-17(12(9-11)10-15)14(18)13-5-4-7-16(13)2/h4-5,7,11-12H,3,6,8-10,15H2,1-2H3. The Balaban J connectivity index is 2.13. The summed E-state index contributed by atoms with van der Waals surface area (Å²) in [6.45, 7) is 3.62. The van der Waals surface area contributed by atoms with Gasteiger partial charge in [-0.25, -0.2) is 0 Å². The molecule has 1 aromatic heterocycles. The fourth-order valence-electron chi connectivity index (χ4n) is 2.83. The minimum absolute atomic E-state index is 0.118. The normalized spacial score (nSPS) is 24.3. The minimum atomic E-state index is 0.118. The topological polar surface area (TPSA) is 51.3 Å². The second-order valence-corrected chi connectivity index (χ2v) is 5.19. The molecule has 2 unspecified atom stereocenters. The second kappa shape index (κ2) is 5.57. The summed E-state index contributed by atoms with van der Waals surface area (Å²) in [5.41, 5.74) is 6.59. The Morgan fingerprint density at radius 1 is 1.56 bits per heavy atom. The van der Waals surface area contributed by atoms with Crippen molar-refractivity contribution >= 4 is 5.91 Å². The lowest BCUT2D eigenvalue weighted by atomic mass is 9.88. The van der Waals surface area contributed by atoms with Crippen molar-refractivity contribution in [2.75, 3.05) is 13.1 Å². The van der Waals surface area contributed by atoms with Gasteiger partial charge in [0.2, 0.25) is 0 Å². The van der Waals surface area contributed by atoms with Crippen LogP contribution >= 0.6 is 0 Å². The van der Waals surface area contributed by atoms with Gasteiger partial charge in [0, 0.05) is 32.4 Å². The van der Waals surface area contributed by atoms with Crippen LogP contribution in [0.25, 0.3) is 0 Å². The van der Waals surface area contributed by atoms with Gasteiger partial charge in [0.25, 0.3) is 5.91 Å². The maximum absolute atomic E-state index is 12.5. The van der Waals surface area contributed by atoms with Crippen LogP contribution in [-0.2, 0) is 7.05 Å². The van der Waals surface area contributed by atoms with Crippen molar-refractivity contribution in [3.63, 3.8) is 0 Å². The highest BCUT2D eigenvalue weighted by Gasteiger charge is 2.31. The molecular weight excluding hydrogens is 226 g/mol. The molecule has 0 bridgehead atoms. The van der Waals surface area contributed by atoms with Crippen LogP contribution in [-0.4, -0.2) is 34.5 Å². The summed E-state index contributed by atoms with van der Waals surface area (Å²) < 4.78 is 1.88. The Morgan fingerprint density at radius 3 is 2.89 bits per heavy atom.